The Kier molecular flexibility index (Phi) is 4.07. The molecule has 0 aliphatic rings. The average Bonchev–Trinajstić information content (AvgIpc) is 3.26. The maximum atomic E-state index is 12.7. The van der Waals surface area contributed by atoms with Crippen molar-refractivity contribution in [3.63, 3.8) is 0 Å². The van der Waals surface area contributed by atoms with E-state index in [0.29, 0.717) is 11.4 Å². The number of amides is 1. The third kappa shape index (κ3) is 2.88. The molecule has 2 aromatic heterocycles. The fourth-order valence-corrected chi connectivity index (χ4v) is 2.92. The number of rotatable bonds is 4. The quantitative estimate of drug-likeness (QED) is 0.390. The van der Waals surface area contributed by atoms with E-state index in [2.05, 4.69) is 25.5 Å². The van der Waals surface area contributed by atoms with Crippen molar-refractivity contribution in [1.82, 2.24) is 20.4 Å². The Morgan fingerprint density at radius 2 is 1.88 bits per heavy atom. The second-order valence-corrected chi connectivity index (χ2v) is 5.90. The van der Waals surface area contributed by atoms with Crippen molar-refractivity contribution in [2.24, 2.45) is 5.10 Å². The lowest BCUT2D eigenvalue weighted by atomic mass is 10.0. The summed E-state index contributed by atoms with van der Waals surface area (Å²) >= 11 is 0. The molecular weight excluding hydrogens is 326 g/mol. The fraction of sp³-hybridized carbons (Fsp3) is 0.0500. The zero-order valence-corrected chi connectivity index (χ0v) is 14.2. The van der Waals surface area contributed by atoms with Crippen molar-refractivity contribution in [2.45, 2.75) is 6.92 Å². The molecule has 4 aromatic rings. The summed E-state index contributed by atoms with van der Waals surface area (Å²) in [5.41, 5.74) is 7.38. The van der Waals surface area contributed by atoms with Crippen molar-refractivity contribution in [3.8, 4) is 11.1 Å². The summed E-state index contributed by atoms with van der Waals surface area (Å²) in [7, 11) is 0. The molecule has 128 valence electrons. The van der Waals surface area contributed by atoms with E-state index < -0.39 is 0 Å². The van der Waals surface area contributed by atoms with Crippen LogP contribution in [0.25, 0.3) is 22.0 Å². The Morgan fingerprint density at radius 1 is 1.12 bits per heavy atom. The van der Waals surface area contributed by atoms with Crippen LogP contribution in [-0.4, -0.2) is 27.1 Å². The number of nitrogens with zero attached hydrogens (tertiary/aromatic N) is 2. The largest absolute Gasteiger partial charge is 0.350 e. The van der Waals surface area contributed by atoms with Crippen LogP contribution in [0, 0.1) is 6.92 Å². The van der Waals surface area contributed by atoms with Gasteiger partial charge < -0.3 is 9.97 Å². The van der Waals surface area contributed by atoms with Gasteiger partial charge in [0.25, 0.3) is 5.91 Å². The second kappa shape index (κ2) is 6.68. The van der Waals surface area contributed by atoms with Crippen LogP contribution in [0.5, 0.6) is 0 Å². The maximum absolute atomic E-state index is 12.7. The minimum atomic E-state index is -0.301. The number of aromatic amines is 2. The first-order chi connectivity index (χ1) is 12.7. The average molecular weight is 343 g/mol. The summed E-state index contributed by atoms with van der Waals surface area (Å²) in [5, 5.41) is 5.03. The molecule has 1 amide bonds. The number of carbonyl (C=O) groups is 1. The number of fused-ring (bicyclic) bond motifs is 1. The molecule has 0 atom stereocenters. The molecule has 3 N–H and O–H groups in total. The Balaban J connectivity index is 1.70. The van der Waals surface area contributed by atoms with Gasteiger partial charge in [-0.1, -0.05) is 48.5 Å². The first-order valence-electron chi connectivity index (χ1n) is 8.23. The number of aromatic nitrogens is 3. The molecule has 2 heterocycles. The van der Waals surface area contributed by atoms with Crippen LogP contribution in [0.2, 0.25) is 0 Å². The van der Waals surface area contributed by atoms with Gasteiger partial charge in [-0.05, 0) is 18.6 Å². The molecule has 26 heavy (non-hydrogen) atoms. The molecule has 0 saturated heterocycles. The van der Waals surface area contributed by atoms with Crippen molar-refractivity contribution >= 4 is 23.0 Å². The Hall–Kier alpha value is -3.67. The summed E-state index contributed by atoms with van der Waals surface area (Å²) in [4.78, 5) is 23.0. The van der Waals surface area contributed by atoms with Gasteiger partial charge in [0.1, 0.15) is 11.4 Å². The van der Waals surface area contributed by atoms with Gasteiger partial charge in [-0.2, -0.15) is 5.10 Å². The molecule has 0 unspecified atom stereocenters. The third-order valence-corrected chi connectivity index (χ3v) is 4.22. The first kappa shape index (κ1) is 15.8. The molecule has 0 aliphatic heterocycles. The highest BCUT2D eigenvalue weighted by Gasteiger charge is 2.18. The number of hydrogen-bond donors (Lipinski definition) is 3. The predicted octanol–water partition coefficient (Wildman–Crippen LogP) is 3.63. The molecule has 6 nitrogen and oxygen atoms in total. The zero-order valence-electron chi connectivity index (χ0n) is 14.2. The number of carbonyl (C=O) groups excluding carboxylic acids is 1. The number of H-pyrrole nitrogens is 2. The van der Waals surface area contributed by atoms with Crippen LogP contribution in [0.4, 0.5) is 0 Å². The Bertz CT molecular complexity index is 1090. The lowest BCUT2D eigenvalue weighted by Crippen LogP contribution is -2.19. The van der Waals surface area contributed by atoms with E-state index in [4.69, 9.17) is 0 Å². The highest BCUT2D eigenvalue weighted by Crippen LogP contribution is 2.32. The van der Waals surface area contributed by atoms with Crippen LogP contribution < -0.4 is 5.43 Å². The summed E-state index contributed by atoms with van der Waals surface area (Å²) in [6.45, 7) is 1.89. The minimum Gasteiger partial charge on any atom is -0.350 e. The second-order valence-electron chi connectivity index (χ2n) is 5.90. The molecule has 0 radical (unpaired) electrons. The molecule has 0 spiro atoms. The number of para-hydroxylation sites is 1. The van der Waals surface area contributed by atoms with E-state index in [0.717, 1.165) is 27.7 Å². The highest BCUT2D eigenvalue weighted by atomic mass is 16.2. The molecular formula is C20H17N5O. The number of benzene rings is 2. The van der Waals surface area contributed by atoms with Crippen molar-refractivity contribution in [2.75, 3.05) is 0 Å². The molecule has 4 rings (SSSR count). The van der Waals surface area contributed by atoms with Crippen LogP contribution >= 0.6 is 0 Å². The van der Waals surface area contributed by atoms with E-state index in [-0.39, 0.29) is 5.91 Å². The Morgan fingerprint density at radius 3 is 2.65 bits per heavy atom. The van der Waals surface area contributed by atoms with E-state index >= 15 is 0 Å². The van der Waals surface area contributed by atoms with E-state index in [1.807, 2.05) is 61.5 Å². The number of nitrogens with one attached hydrogen (secondary N) is 3. The van der Waals surface area contributed by atoms with Gasteiger partial charge in [0.05, 0.1) is 12.5 Å². The fourth-order valence-electron chi connectivity index (χ4n) is 2.92. The molecule has 0 fully saturated rings. The van der Waals surface area contributed by atoms with E-state index in [9.17, 15) is 4.79 Å². The van der Waals surface area contributed by atoms with Crippen LogP contribution in [-0.2, 0) is 0 Å². The van der Waals surface area contributed by atoms with Gasteiger partial charge >= 0.3 is 0 Å². The smallest absolute Gasteiger partial charge is 0.288 e. The standard InChI is InChI=1S/C20H17N5O/c1-13-17(22-12-21-13)11-23-25-20(26)19-18(14-7-3-2-4-8-14)15-9-5-6-10-16(15)24-19/h2-12,24H,1H3,(H,21,22)(H,25,26). The monoisotopic (exact) mass is 343 g/mol. The summed E-state index contributed by atoms with van der Waals surface area (Å²) in [6.07, 6.45) is 3.11. The third-order valence-electron chi connectivity index (χ3n) is 4.22. The van der Waals surface area contributed by atoms with Crippen molar-refractivity contribution in [1.29, 1.82) is 0 Å². The van der Waals surface area contributed by atoms with Gasteiger partial charge in [-0.15, -0.1) is 0 Å². The zero-order chi connectivity index (χ0) is 17.9. The lowest BCUT2D eigenvalue weighted by molar-refractivity contribution is 0.0951. The van der Waals surface area contributed by atoms with E-state index in [1.165, 1.54) is 6.21 Å². The molecule has 0 bridgehead atoms. The van der Waals surface area contributed by atoms with Crippen molar-refractivity contribution < 1.29 is 4.79 Å². The summed E-state index contributed by atoms with van der Waals surface area (Å²) in [5.74, 6) is -0.301. The van der Waals surface area contributed by atoms with E-state index in [1.54, 1.807) is 6.33 Å². The summed E-state index contributed by atoms with van der Waals surface area (Å²) in [6, 6.07) is 17.7. The normalized spacial score (nSPS) is 11.3. The lowest BCUT2D eigenvalue weighted by Gasteiger charge is -2.04. The maximum Gasteiger partial charge on any atom is 0.288 e. The van der Waals surface area contributed by atoms with Gasteiger partial charge in [-0.25, -0.2) is 10.4 Å². The van der Waals surface area contributed by atoms with Gasteiger partial charge in [0.15, 0.2) is 0 Å². The van der Waals surface area contributed by atoms with Gasteiger partial charge in [0, 0.05) is 22.2 Å². The minimum absolute atomic E-state index is 0.301. The van der Waals surface area contributed by atoms with Crippen LogP contribution in [0.1, 0.15) is 21.9 Å². The molecule has 6 heteroatoms. The van der Waals surface area contributed by atoms with Crippen LogP contribution in [0.15, 0.2) is 66.0 Å². The number of hydrogen-bond acceptors (Lipinski definition) is 3. The number of imidazole rings is 1. The first-order valence-corrected chi connectivity index (χ1v) is 8.23. The number of aryl methyl sites for hydroxylation is 1. The summed E-state index contributed by atoms with van der Waals surface area (Å²) < 4.78 is 0. The van der Waals surface area contributed by atoms with Crippen molar-refractivity contribution in [3.05, 3.63) is 78.0 Å². The SMILES string of the molecule is Cc1[nH]cnc1C=NNC(=O)c1[nH]c2ccccc2c1-c1ccccc1. The molecule has 0 saturated carbocycles. The number of hydrazone groups is 1. The molecule has 0 aliphatic carbocycles. The van der Waals surface area contributed by atoms with Crippen LogP contribution in [0.3, 0.4) is 0 Å². The topological polar surface area (TPSA) is 85.9 Å². The van der Waals surface area contributed by atoms with Gasteiger partial charge in [0.2, 0.25) is 0 Å². The van der Waals surface area contributed by atoms with Gasteiger partial charge in [-0.3, -0.25) is 4.79 Å². The predicted molar refractivity (Wildman–Crippen MR) is 102 cm³/mol. The Labute approximate surface area is 150 Å². The highest BCUT2D eigenvalue weighted by molar-refractivity contribution is 6.09. The molecule has 2 aromatic carbocycles.